The lowest BCUT2D eigenvalue weighted by Gasteiger charge is -2.17. The normalized spacial score (nSPS) is 13.3. The molecule has 0 fully saturated rings. The maximum atomic E-state index is 11.2. The van der Waals surface area contributed by atoms with Gasteiger partial charge in [0, 0.05) is 0 Å². The van der Waals surface area contributed by atoms with Crippen LogP contribution in [0.25, 0.3) is 0 Å². The third-order valence-corrected chi connectivity index (χ3v) is 5.03. The first-order valence-electron chi connectivity index (χ1n) is 7.17. The number of hydrogen-bond donors (Lipinski definition) is 4. The van der Waals surface area contributed by atoms with E-state index in [4.69, 9.17) is 29.0 Å². The van der Waals surface area contributed by atoms with Crippen molar-refractivity contribution in [2.24, 2.45) is 0 Å². The van der Waals surface area contributed by atoms with Crippen LogP contribution >= 0.6 is 15.2 Å². The topological polar surface area (TPSA) is 134 Å². The first kappa shape index (κ1) is 19.7. The highest BCUT2D eigenvalue weighted by Crippen LogP contribution is 2.35. The standard InChI is InChI=1S/C15H18O8P2/c1-11(23-13-5-3-7-15(9-13)25(19,20)21)10-22-12-4-2-6-14(8-12)24(16,17)18/h2-9,11H,10H2,1H3,(H2,16,17,18)(H2,19,20,21). The molecule has 25 heavy (non-hydrogen) atoms. The molecule has 0 spiro atoms. The molecule has 0 aliphatic rings. The minimum absolute atomic E-state index is 0.0742. The summed E-state index contributed by atoms with van der Waals surface area (Å²) in [5.41, 5.74) is 0. The summed E-state index contributed by atoms with van der Waals surface area (Å²) in [7, 11) is -8.71. The SMILES string of the molecule is CC(COc1cccc(P(=O)(O)O)c1)Oc1cccc(P(=O)(O)O)c1. The molecule has 0 saturated heterocycles. The second-order valence-electron chi connectivity index (χ2n) is 5.32. The average Bonchev–Trinajstić information content (AvgIpc) is 2.52. The van der Waals surface area contributed by atoms with Crippen LogP contribution in [-0.2, 0) is 9.13 Å². The fraction of sp³-hybridized carbons (Fsp3) is 0.200. The van der Waals surface area contributed by atoms with Crippen molar-refractivity contribution in [2.45, 2.75) is 13.0 Å². The minimum atomic E-state index is -4.36. The first-order valence-corrected chi connectivity index (χ1v) is 10.4. The quantitative estimate of drug-likeness (QED) is 0.519. The van der Waals surface area contributed by atoms with Gasteiger partial charge in [-0.15, -0.1) is 0 Å². The van der Waals surface area contributed by atoms with Gasteiger partial charge < -0.3 is 29.0 Å². The average molecular weight is 388 g/mol. The highest BCUT2D eigenvalue weighted by Gasteiger charge is 2.19. The molecule has 2 rings (SSSR count). The first-order chi connectivity index (χ1) is 11.6. The second kappa shape index (κ2) is 7.70. The van der Waals surface area contributed by atoms with E-state index in [9.17, 15) is 9.13 Å². The molecule has 0 amide bonds. The van der Waals surface area contributed by atoms with E-state index in [-0.39, 0.29) is 28.7 Å². The van der Waals surface area contributed by atoms with Gasteiger partial charge in [0.15, 0.2) is 0 Å². The molecule has 0 heterocycles. The van der Waals surface area contributed by atoms with Crippen molar-refractivity contribution in [3.05, 3.63) is 48.5 Å². The van der Waals surface area contributed by atoms with Crippen LogP contribution in [0.15, 0.2) is 48.5 Å². The molecule has 0 aliphatic heterocycles. The van der Waals surface area contributed by atoms with Crippen LogP contribution in [0.5, 0.6) is 11.5 Å². The molecule has 8 nitrogen and oxygen atoms in total. The lowest BCUT2D eigenvalue weighted by atomic mass is 10.3. The number of rotatable bonds is 7. The second-order valence-corrected chi connectivity index (χ2v) is 8.53. The van der Waals surface area contributed by atoms with Crippen LogP contribution in [0, 0.1) is 0 Å². The van der Waals surface area contributed by atoms with E-state index in [1.807, 2.05) is 0 Å². The molecule has 0 aliphatic carbocycles. The third-order valence-electron chi connectivity index (χ3n) is 3.13. The summed E-state index contributed by atoms with van der Waals surface area (Å²) in [6, 6.07) is 11.2. The maximum Gasteiger partial charge on any atom is 0.356 e. The monoisotopic (exact) mass is 388 g/mol. The van der Waals surface area contributed by atoms with Gasteiger partial charge >= 0.3 is 15.2 Å². The van der Waals surface area contributed by atoms with Crippen LogP contribution in [0.1, 0.15) is 6.92 Å². The van der Waals surface area contributed by atoms with E-state index in [0.717, 1.165) is 0 Å². The van der Waals surface area contributed by atoms with Crippen molar-refractivity contribution in [2.75, 3.05) is 6.61 Å². The maximum absolute atomic E-state index is 11.2. The van der Waals surface area contributed by atoms with Crippen molar-refractivity contribution in [1.82, 2.24) is 0 Å². The molecule has 136 valence electrons. The summed E-state index contributed by atoms with van der Waals surface area (Å²) in [5, 5.41) is -0.291. The highest BCUT2D eigenvalue weighted by atomic mass is 31.2. The van der Waals surface area contributed by atoms with Crippen LogP contribution in [0.4, 0.5) is 0 Å². The van der Waals surface area contributed by atoms with E-state index in [2.05, 4.69) is 0 Å². The van der Waals surface area contributed by atoms with Gasteiger partial charge in [-0.25, -0.2) is 0 Å². The van der Waals surface area contributed by atoms with Crippen molar-refractivity contribution >= 4 is 25.8 Å². The Bertz CT molecular complexity index is 826. The summed E-state index contributed by atoms with van der Waals surface area (Å²) >= 11 is 0. The number of benzene rings is 2. The predicted molar refractivity (Wildman–Crippen MR) is 91.8 cm³/mol. The summed E-state index contributed by atoms with van der Waals surface area (Å²) in [4.78, 5) is 36.6. The van der Waals surface area contributed by atoms with Gasteiger partial charge in [-0.05, 0) is 43.3 Å². The molecule has 0 aromatic heterocycles. The van der Waals surface area contributed by atoms with Crippen molar-refractivity contribution in [1.29, 1.82) is 0 Å². The van der Waals surface area contributed by atoms with Crippen LogP contribution in [0.3, 0.4) is 0 Å². The van der Waals surface area contributed by atoms with Gasteiger partial charge in [-0.1, -0.05) is 12.1 Å². The molecule has 0 radical (unpaired) electrons. The summed E-state index contributed by atoms with van der Waals surface area (Å²) in [5.74, 6) is 0.557. The number of hydrogen-bond acceptors (Lipinski definition) is 4. The highest BCUT2D eigenvalue weighted by molar-refractivity contribution is 7.60. The Hall–Kier alpha value is -1.66. The van der Waals surface area contributed by atoms with Gasteiger partial charge in [-0.3, -0.25) is 9.13 Å². The molecule has 0 saturated carbocycles. The Kier molecular flexibility index (Phi) is 6.06. The fourth-order valence-corrected chi connectivity index (χ4v) is 3.12. The minimum Gasteiger partial charge on any atom is -0.490 e. The van der Waals surface area contributed by atoms with Crippen molar-refractivity contribution in [3.63, 3.8) is 0 Å². The van der Waals surface area contributed by atoms with Crippen molar-refractivity contribution in [3.8, 4) is 11.5 Å². The Morgan fingerprint density at radius 3 is 1.88 bits per heavy atom. The summed E-state index contributed by atoms with van der Waals surface area (Å²) in [6.45, 7) is 1.77. The molecule has 2 aromatic rings. The third kappa shape index (κ3) is 5.97. The Labute approximate surface area is 144 Å². The molecule has 4 N–H and O–H groups in total. The Morgan fingerprint density at radius 2 is 1.36 bits per heavy atom. The van der Waals surface area contributed by atoms with Gasteiger partial charge in [0.05, 0.1) is 10.6 Å². The van der Waals surface area contributed by atoms with E-state index in [1.54, 1.807) is 19.1 Å². The molecule has 0 bridgehead atoms. The summed E-state index contributed by atoms with van der Waals surface area (Å²) in [6.07, 6.45) is -0.467. The molecule has 1 atom stereocenters. The van der Waals surface area contributed by atoms with Crippen molar-refractivity contribution < 1.29 is 38.2 Å². The van der Waals surface area contributed by atoms with E-state index < -0.39 is 21.3 Å². The van der Waals surface area contributed by atoms with Crippen LogP contribution in [0.2, 0.25) is 0 Å². The van der Waals surface area contributed by atoms with E-state index in [0.29, 0.717) is 0 Å². The Balaban J connectivity index is 1.99. The predicted octanol–water partition coefficient (Wildman–Crippen LogP) is 1.14. The zero-order chi connectivity index (χ0) is 18.7. The molecule has 2 aromatic carbocycles. The van der Waals surface area contributed by atoms with Gasteiger partial charge in [0.2, 0.25) is 0 Å². The molecular weight excluding hydrogens is 370 g/mol. The molecular formula is C15H18O8P2. The zero-order valence-corrected chi connectivity index (χ0v) is 15.0. The van der Waals surface area contributed by atoms with Crippen LogP contribution in [-0.4, -0.2) is 32.3 Å². The summed E-state index contributed by atoms with van der Waals surface area (Å²) < 4.78 is 33.5. The van der Waals surface area contributed by atoms with E-state index >= 15 is 0 Å². The smallest absolute Gasteiger partial charge is 0.356 e. The van der Waals surface area contributed by atoms with Gasteiger partial charge in [-0.2, -0.15) is 0 Å². The zero-order valence-electron chi connectivity index (χ0n) is 13.2. The lowest BCUT2D eigenvalue weighted by molar-refractivity contribution is 0.143. The van der Waals surface area contributed by atoms with E-state index in [1.165, 1.54) is 36.4 Å². The van der Waals surface area contributed by atoms with Gasteiger partial charge in [0.25, 0.3) is 0 Å². The largest absolute Gasteiger partial charge is 0.490 e. The lowest BCUT2D eigenvalue weighted by Crippen LogP contribution is -2.22. The van der Waals surface area contributed by atoms with Crippen LogP contribution < -0.4 is 20.1 Å². The Morgan fingerprint density at radius 1 is 0.880 bits per heavy atom. The fourth-order valence-electron chi connectivity index (χ4n) is 1.97. The molecule has 10 heteroatoms. The molecule has 1 unspecified atom stereocenters. The number of ether oxygens (including phenoxy) is 2. The van der Waals surface area contributed by atoms with Gasteiger partial charge in [0.1, 0.15) is 24.2 Å².